The molecule has 4 rings (SSSR count). The Morgan fingerprint density at radius 2 is 2.24 bits per heavy atom. The monoisotopic (exact) mass is 400 g/mol. The van der Waals surface area contributed by atoms with Gasteiger partial charge in [0, 0.05) is 33.8 Å². The number of aryl methyl sites for hydroxylation is 1. The van der Waals surface area contributed by atoms with Crippen LogP contribution in [0.4, 0.5) is 17.5 Å². The molecule has 10 heteroatoms. The second-order valence-corrected chi connectivity index (χ2v) is 6.96. The Morgan fingerprint density at radius 1 is 1.38 bits per heavy atom. The number of primary amides is 1. The number of carbonyl (C=O) groups is 1. The zero-order chi connectivity index (χ0) is 24.7. The van der Waals surface area contributed by atoms with E-state index in [0.29, 0.717) is 11.1 Å². The van der Waals surface area contributed by atoms with Crippen LogP contribution in [-0.4, -0.2) is 43.0 Å². The summed E-state index contributed by atoms with van der Waals surface area (Å²) in [5.74, 6) is -0.531. The number of aromatic nitrogens is 5. The van der Waals surface area contributed by atoms with Gasteiger partial charge in [0.25, 0.3) is 5.91 Å². The molecule has 0 bridgehead atoms. The molecule has 1 aromatic carbocycles. The number of amides is 1. The lowest BCUT2D eigenvalue weighted by atomic mass is 9.91. The number of anilines is 3. The van der Waals surface area contributed by atoms with Gasteiger partial charge in [-0.3, -0.25) is 9.48 Å². The van der Waals surface area contributed by atoms with Gasteiger partial charge in [-0.05, 0) is 37.9 Å². The molecule has 1 aliphatic carbocycles. The molecule has 0 radical (unpaired) electrons. The van der Waals surface area contributed by atoms with E-state index in [1.807, 2.05) is 0 Å². The standard InChI is InChI=1S/C19H25N9O/c1-2-28-15-8-7-12(9-11(15)10-22-28)23-18-16(17(21)29)26-27-19(25-18)24-14-6-4-3-5-13(14)20/h7-10,13-14H,2-6,20H2,1H3,(H2,21,29)(H2,23,24,25,27)/t13-,14-/m0/s1/i1D3,2D2. The smallest absolute Gasteiger partial charge is 0.273 e. The van der Waals surface area contributed by atoms with Gasteiger partial charge in [-0.2, -0.15) is 10.1 Å². The summed E-state index contributed by atoms with van der Waals surface area (Å²) in [7, 11) is 0. The molecule has 0 unspecified atom stereocenters. The first kappa shape index (κ1) is 13.8. The first-order valence-electron chi connectivity index (χ1n) is 11.8. The van der Waals surface area contributed by atoms with Crippen LogP contribution in [-0.2, 0) is 6.50 Å². The minimum absolute atomic E-state index is 0.0155. The Kier molecular flexibility index (Phi) is 3.81. The number of carbonyl (C=O) groups excluding carboxylic acids is 1. The fourth-order valence-corrected chi connectivity index (χ4v) is 3.48. The van der Waals surface area contributed by atoms with Crippen molar-refractivity contribution < 1.29 is 11.6 Å². The van der Waals surface area contributed by atoms with Crippen LogP contribution in [0.2, 0.25) is 0 Å². The second-order valence-electron chi connectivity index (χ2n) is 6.96. The predicted octanol–water partition coefficient (Wildman–Crippen LogP) is 1.77. The van der Waals surface area contributed by atoms with Crippen LogP contribution in [0.3, 0.4) is 0 Å². The van der Waals surface area contributed by atoms with Crippen molar-refractivity contribution in [1.29, 1.82) is 0 Å². The summed E-state index contributed by atoms with van der Waals surface area (Å²) in [5, 5.41) is 18.4. The van der Waals surface area contributed by atoms with Crippen LogP contribution in [0, 0.1) is 0 Å². The molecular weight excluding hydrogens is 370 g/mol. The molecule has 1 aliphatic rings. The van der Waals surface area contributed by atoms with Gasteiger partial charge in [-0.15, -0.1) is 10.2 Å². The van der Waals surface area contributed by atoms with Crippen molar-refractivity contribution in [3.8, 4) is 0 Å². The molecule has 1 saturated carbocycles. The molecule has 10 nitrogen and oxygen atoms in total. The molecule has 2 atom stereocenters. The van der Waals surface area contributed by atoms with E-state index in [1.54, 1.807) is 12.1 Å². The largest absolute Gasteiger partial charge is 0.364 e. The first-order valence-corrected chi connectivity index (χ1v) is 9.29. The number of benzene rings is 1. The fourth-order valence-electron chi connectivity index (χ4n) is 3.48. The highest BCUT2D eigenvalue weighted by Gasteiger charge is 2.23. The molecule has 6 N–H and O–H groups in total. The number of nitrogens with zero attached hydrogens (tertiary/aromatic N) is 5. The van der Waals surface area contributed by atoms with Crippen molar-refractivity contribution in [3.05, 3.63) is 30.1 Å². The highest BCUT2D eigenvalue weighted by molar-refractivity contribution is 5.96. The van der Waals surface area contributed by atoms with Crippen molar-refractivity contribution in [2.45, 2.75) is 51.1 Å². The fraction of sp³-hybridized carbons (Fsp3) is 0.421. The van der Waals surface area contributed by atoms with E-state index in [4.69, 9.17) is 18.3 Å². The number of hydrogen-bond donors (Lipinski definition) is 4. The third kappa shape index (κ3) is 3.97. The van der Waals surface area contributed by atoms with Crippen molar-refractivity contribution in [1.82, 2.24) is 25.0 Å². The number of nitrogens with one attached hydrogen (secondary N) is 2. The number of hydrogen-bond acceptors (Lipinski definition) is 8. The molecule has 3 aromatic rings. The Morgan fingerprint density at radius 3 is 3.03 bits per heavy atom. The maximum atomic E-state index is 11.9. The highest BCUT2D eigenvalue weighted by atomic mass is 16.1. The number of rotatable bonds is 6. The summed E-state index contributed by atoms with van der Waals surface area (Å²) in [4.78, 5) is 16.2. The van der Waals surface area contributed by atoms with Crippen LogP contribution < -0.4 is 22.1 Å². The van der Waals surface area contributed by atoms with Crippen molar-refractivity contribution in [3.63, 3.8) is 0 Å². The average Bonchev–Trinajstić information content (AvgIpc) is 3.18. The maximum absolute atomic E-state index is 11.9. The summed E-state index contributed by atoms with van der Waals surface area (Å²) in [6.45, 7) is -5.60. The van der Waals surface area contributed by atoms with E-state index in [9.17, 15) is 4.79 Å². The van der Waals surface area contributed by atoms with Gasteiger partial charge in [-0.25, -0.2) is 0 Å². The van der Waals surface area contributed by atoms with E-state index in [-0.39, 0.29) is 35.1 Å². The van der Waals surface area contributed by atoms with Crippen LogP contribution in [0.25, 0.3) is 10.9 Å². The van der Waals surface area contributed by atoms with E-state index in [2.05, 4.69) is 30.9 Å². The van der Waals surface area contributed by atoms with Gasteiger partial charge in [0.15, 0.2) is 11.5 Å². The predicted molar refractivity (Wildman–Crippen MR) is 111 cm³/mol. The van der Waals surface area contributed by atoms with Crippen LogP contribution in [0.1, 0.15) is 49.9 Å². The van der Waals surface area contributed by atoms with Gasteiger partial charge in [0.05, 0.1) is 14.5 Å². The zero-order valence-corrected chi connectivity index (χ0v) is 15.6. The Labute approximate surface area is 175 Å². The molecule has 29 heavy (non-hydrogen) atoms. The molecule has 1 amide bonds. The SMILES string of the molecule is [2H]C([2H])([2H])C([2H])([2H])n1ncc2cc(Nc3nc(N[C@H]4CCCC[C@@H]4N)nnc3C(N)=O)ccc21. The molecule has 2 aromatic heterocycles. The summed E-state index contributed by atoms with van der Waals surface area (Å²) in [6.07, 6.45) is 5.22. The van der Waals surface area contributed by atoms with Gasteiger partial charge in [-0.1, -0.05) is 12.8 Å². The average molecular weight is 401 g/mol. The Balaban J connectivity index is 1.63. The van der Waals surface area contributed by atoms with Crippen LogP contribution >= 0.6 is 0 Å². The van der Waals surface area contributed by atoms with E-state index in [0.717, 1.165) is 30.4 Å². The first-order chi connectivity index (χ1) is 16.0. The summed E-state index contributed by atoms with van der Waals surface area (Å²) in [5.41, 5.74) is 12.2. The minimum atomic E-state index is -2.91. The lowest BCUT2D eigenvalue weighted by molar-refractivity contribution is 0.0995. The number of fused-ring (bicyclic) bond motifs is 1. The molecular formula is C19H25N9O. The van der Waals surface area contributed by atoms with Gasteiger partial charge in [0.2, 0.25) is 5.95 Å². The second kappa shape index (κ2) is 8.00. The molecule has 0 aliphatic heterocycles. The zero-order valence-electron chi connectivity index (χ0n) is 20.6. The highest BCUT2D eigenvalue weighted by Crippen LogP contribution is 2.24. The lowest BCUT2D eigenvalue weighted by Gasteiger charge is -2.29. The van der Waals surface area contributed by atoms with Crippen LogP contribution in [0.5, 0.6) is 0 Å². The Bertz CT molecular complexity index is 1210. The van der Waals surface area contributed by atoms with Crippen molar-refractivity contribution in [2.75, 3.05) is 10.6 Å². The minimum Gasteiger partial charge on any atom is -0.364 e. The summed E-state index contributed by atoms with van der Waals surface area (Å²) in [6, 6.07) is 4.66. The maximum Gasteiger partial charge on any atom is 0.273 e. The van der Waals surface area contributed by atoms with E-state index < -0.39 is 19.3 Å². The van der Waals surface area contributed by atoms with Crippen LogP contribution in [0.15, 0.2) is 24.4 Å². The topological polar surface area (TPSA) is 150 Å². The van der Waals surface area contributed by atoms with Crippen molar-refractivity contribution >= 4 is 34.3 Å². The Hall–Kier alpha value is -3.27. The molecule has 2 heterocycles. The molecule has 0 spiro atoms. The van der Waals surface area contributed by atoms with Gasteiger partial charge < -0.3 is 22.1 Å². The van der Waals surface area contributed by atoms with E-state index >= 15 is 0 Å². The quantitative estimate of drug-likeness (QED) is 0.489. The normalized spacial score (nSPS) is 22.7. The number of nitrogens with two attached hydrogens (primary N) is 2. The lowest BCUT2D eigenvalue weighted by Crippen LogP contribution is -2.43. The van der Waals surface area contributed by atoms with Gasteiger partial charge in [0.1, 0.15) is 0 Å². The molecule has 152 valence electrons. The molecule has 0 saturated heterocycles. The third-order valence-electron chi connectivity index (χ3n) is 4.99. The van der Waals surface area contributed by atoms with Crippen molar-refractivity contribution in [2.24, 2.45) is 11.5 Å². The van der Waals surface area contributed by atoms with E-state index in [1.165, 1.54) is 12.3 Å². The summed E-state index contributed by atoms with van der Waals surface area (Å²) < 4.78 is 39.2. The van der Waals surface area contributed by atoms with Gasteiger partial charge >= 0.3 is 0 Å². The molecule has 1 fully saturated rings. The summed E-state index contributed by atoms with van der Waals surface area (Å²) >= 11 is 0. The third-order valence-corrected chi connectivity index (χ3v) is 4.99.